The van der Waals surface area contributed by atoms with Crippen molar-refractivity contribution < 1.29 is 22.7 Å². The minimum Gasteiger partial charge on any atom is -0.462 e. The summed E-state index contributed by atoms with van der Waals surface area (Å²) in [5, 5.41) is 3.19. The maximum atomic E-state index is 13.4. The van der Waals surface area contributed by atoms with Gasteiger partial charge >= 0.3 is 12.1 Å². The third-order valence-electron chi connectivity index (χ3n) is 5.59. The Labute approximate surface area is 210 Å². The molecule has 4 aromatic rings. The van der Waals surface area contributed by atoms with Crippen molar-refractivity contribution in [2.24, 2.45) is 0 Å². The molecule has 2 N–H and O–H groups in total. The molecule has 190 valence electrons. The number of nitrogens with zero attached hydrogens (tertiary/aromatic N) is 2. The molecular weight excluding hydrogens is 485 g/mol. The van der Waals surface area contributed by atoms with Gasteiger partial charge in [0.05, 0.1) is 29.6 Å². The summed E-state index contributed by atoms with van der Waals surface area (Å²) in [5.74, 6) is -0.599. The molecule has 0 aliphatic heterocycles. The standard InChI is InChI=1S/C27H23F3N4O3/c1-3-37-25(36)21-15-20(23(34-24(21)35)18-10-7-11-19(14-18)27(28,29)30)22-12-13-31-26(33-22)32-16(2)17-8-5-4-6-9-17/h4-16H,3H2,1-2H3,(H,34,35)(H,31,32,33). The number of ether oxygens (including phenoxy) is 1. The number of halogens is 3. The number of esters is 1. The first-order valence-electron chi connectivity index (χ1n) is 11.4. The van der Waals surface area contributed by atoms with E-state index in [-0.39, 0.29) is 46.7 Å². The van der Waals surface area contributed by atoms with Crippen molar-refractivity contribution in [3.8, 4) is 22.5 Å². The molecular formula is C27H23F3N4O3. The van der Waals surface area contributed by atoms with Crippen LogP contribution in [-0.2, 0) is 10.9 Å². The van der Waals surface area contributed by atoms with Crippen LogP contribution in [0.5, 0.6) is 0 Å². The van der Waals surface area contributed by atoms with Crippen LogP contribution < -0.4 is 10.9 Å². The second-order valence-corrected chi connectivity index (χ2v) is 8.14. The van der Waals surface area contributed by atoms with Gasteiger partial charge in [0, 0.05) is 11.8 Å². The Morgan fingerprint density at radius 1 is 1.08 bits per heavy atom. The van der Waals surface area contributed by atoms with Crippen molar-refractivity contribution >= 4 is 11.9 Å². The fourth-order valence-electron chi connectivity index (χ4n) is 3.77. The second kappa shape index (κ2) is 10.7. The fourth-order valence-corrected chi connectivity index (χ4v) is 3.77. The number of aromatic nitrogens is 3. The van der Waals surface area contributed by atoms with Crippen molar-refractivity contribution in [1.82, 2.24) is 15.0 Å². The van der Waals surface area contributed by atoms with Crippen molar-refractivity contribution in [1.29, 1.82) is 0 Å². The molecule has 4 rings (SSSR count). The van der Waals surface area contributed by atoms with Gasteiger partial charge in [-0.2, -0.15) is 13.2 Å². The zero-order valence-electron chi connectivity index (χ0n) is 20.0. The molecule has 10 heteroatoms. The van der Waals surface area contributed by atoms with Crippen LogP contribution >= 0.6 is 0 Å². The van der Waals surface area contributed by atoms with Crippen LogP contribution in [0.15, 0.2) is 77.7 Å². The number of benzene rings is 2. The molecule has 0 aliphatic carbocycles. The minimum absolute atomic E-state index is 0.0436. The van der Waals surface area contributed by atoms with Gasteiger partial charge in [-0.25, -0.2) is 14.8 Å². The highest BCUT2D eigenvalue weighted by Gasteiger charge is 2.31. The molecule has 0 saturated heterocycles. The Kier molecular flexibility index (Phi) is 7.37. The van der Waals surface area contributed by atoms with E-state index in [1.165, 1.54) is 30.5 Å². The average molecular weight is 509 g/mol. The van der Waals surface area contributed by atoms with Crippen molar-refractivity contribution in [3.63, 3.8) is 0 Å². The van der Waals surface area contributed by atoms with Gasteiger partial charge in [-0.3, -0.25) is 4.79 Å². The van der Waals surface area contributed by atoms with Crippen LogP contribution in [-0.4, -0.2) is 27.5 Å². The number of aromatic amines is 1. The Bertz CT molecular complexity index is 1470. The molecule has 0 radical (unpaired) electrons. The van der Waals surface area contributed by atoms with E-state index in [4.69, 9.17) is 4.74 Å². The number of rotatable bonds is 7. The van der Waals surface area contributed by atoms with E-state index in [1.807, 2.05) is 37.3 Å². The molecule has 0 aliphatic rings. The lowest BCUT2D eigenvalue weighted by Crippen LogP contribution is -2.21. The van der Waals surface area contributed by atoms with Crippen LogP contribution in [0.1, 0.15) is 41.4 Å². The Morgan fingerprint density at radius 3 is 2.54 bits per heavy atom. The quantitative estimate of drug-likeness (QED) is 0.303. The second-order valence-electron chi connectivity index (χ2n) is 8.14. The lowest BCUT2D eigenvalue weighted by atomic mass is 9.99. The SMILES string of the molecule is CCOC(=O)c1cc(-c2ccnc(NC(C)c3ccccc3)n2)c(-c2cccc(C(F)(F)F)c2)[nH]c1=O. The van der Waals surface area contributed by atoms with Crippen molar-refractivity contribution in [2.75, 3.05) is 11.9 Å². The summed E-state index contributed by atoms with van der Waals surface area (Å²) in [6.07, 6.45) is -3.10. The van der Waals surface area contributed by atoms with Crippen LogP contribution in [0.3, 0.4) is 0 Å². The van der Waals surface area contributed by atoms with E-state index in [1.54, 1.807) is 6.92 Å². The first-order chi connectivity index (χ1) is 17.7. The third-order valence-corrected chi connectivity index (χ3v) is 5.59. The largest absolute Gasteiger partial charge is 0.462 e. The highest BCUT2D eigenvalue weighted by molar-refractivity contribution is 5.92. The van der Waals surface area contributed by atoms with Crippen molar-refractivity contribution in [2.45, 2.75) is 26.1 Å². The molecule has 7 nitrogen and oxygen atoms in total. The maximum Gasteiger partial charge on any atom is 0.416 e. The molecule has 2 aromatic heterocycles. The van der Waals surface area contributed by atoms with E-state index in [2.05, 4.69) is 20.3 Å². The normalized spacial score (nSPS) is 12.1. The summed E-state index contributed by atoms with van der Waals surface area (Å²) >= 11 is 0. The number of anilines is 1. The summed E-state index contributed by atoms with van der Waals surface area (Å²) in [6, 6.07) is 16.8. The van der Waals surface area contributed by atoms with Gasteiger partial charge in [0.1, 0.15) is 5.56 Å². The number of hydrogen-bond donors (Lipinski definition) is 2. The first-order valence-corrected chi connectivity index (χ1v) is 11.4. The van der Waals surface area contributed by atoms with E-state index in [9.17, 15) is 22.8 Å². The van der Waals surface area contributed by atoms with Crippen molar-refractivity contribution in [3.05, 3.63) is 100.0 Å². The fraction of sp³-hybridized carbons (Fsp3) is 0.185. The number of H-pyrrole nitrogens is 1. The van der Waals surface area contributed by atoms with Crippen LogP contribution in [0.4, 0.5) is 19.1 Å². The molecule has 0 bridgehead atoms. The van der Waals surface area contributed by atoms with Gasteiger partial charge < -0.3 is 15.0 Å². The maximum absolute atomic E-state index is 13.4. The number of hydrogen-bond acceptors (Lipinski definition) is 6. The number of carbonyl (C=O) groups is 1. The predicted octanol–water partition coefficient (Wildman–Crippen LogP) is 5.87. The lowest BCUT2D eigenvalue weighted by molar-refractivity contribution is -0.137. The topological polar surface area (TPSA) is 97.0 Å². The van der Waals surface area contributed by atoms with Gasteiger partial charge in [-0.05, 0) is 49.2 Å². The molecule has 0 amide bonds. The van der Waals surface area contributed by atoms with E-state index in [0.717, 1.165) is 17.7 Å². The molecule has 1 unspecified atom stereocenters. The number of carbonyl (C=O) groups excluding carboxylic acids is 1. The van der Waals surface area contributed by atoms with Crippen LogP contribution in [0.25, 0.3) is 22.5 Å². The number of nitrogens with one attached hydrogen (secondary N) is 2. The van der Waals surface area contributed by atoms with Gasteiger partial charge in [0.15, 0.2) is 0 Å². The highest BCUT2D eigenvalue weighted by Crippen LogP contribution is 2.35. The molecule has 1 atom stereocenters. The third kappa shape index (κ3) is 5.85. The molecule has 0 spiro atoms. The minimum atomic E-state index is -4.58. The van der Waals surface area contributed by atoms with Gasteiger partial charge in [0.2, 0.25) is 5.95 Å². The van der Waals surface area contributed by atoms with E-state index >= 15 is 0 Å². The molecule has 2 aromatic carbocycles. The predicted molar refractivity (Wildman–Crippen MR) is 133 cm³/mol. The summed E-state index contributed by atoms with van der Waals surface area (Å²) < 4.78 is 45.2. The van der Waals surface area contributed by atoms with E-state index in [0.29, 0.717) is 0 Å². The van der Waals surface area contributed by atoms with Crippen LogP contribution in [0, 0.1) is 0 Å². The molecule has 2 heterocycles. The Morgan fingerprint density at radius 2 is 1.84 bits per heavy atom. The highest BCUT2D eigenvalue weighted by atomic mass is 19.4. The molecule has 0 saturated carbocycles. The average Bonchev–Trinajstić information content (AvgIpc) is 2.89. The molecule has 0 fully saturated rings. The monoisotopic (exact) mass is 508 g/mol. The Hall–Kier alpha value is -4.47. The summed E-state index contributed by atoms with van der Waals surface area (Å²) in [7, 11) is 0. The van der Waals surface area contributed by atoms with Crippen LogP contribution in [0.2, 0.25) is 0 Å². The summed E-state index contributed by atoms with van der Waals surface area (Å²) in [5.41, 5.74) is -0.277. The summed E-state index contributed by atoms with van der Waals surface area (Å²) in [6.45, 7) is 3.57. The lowest BCUT2D eigenvalue weighted by Gasteiger charge is -2.16. The Balaban J connectivity index is 1.83. The molecule has 37 heavy (non-hydrogen) atoms. The smallest absolute Gasteiger partial charge is 0.416 e. The van der Waals surface area contributed by atoms with E-state index < -0.39 is 23.3 Å². The number of pyridine rings is 1. The first kappa shape index (κ1) is 25.6. The number of alkyl halides is 3. The zero-order chi connectivity index (χ0) is 26.6. The summed E-state index contributed by atoms with van der Waals surface area (Å²) in [4.78, 5) is 36.5. The van der Waals surface area contributed by atoms with Gasteiger partial charge in [0.25, 0.3) is 5.56 Å². The zero-order valence-corrected chi connectivity index (χ0v) is 20.0. The van der Waals surface area contributed by atoms with Gasteiger partial charge in [-0.1, -0.05) is 42.5 Å². The van der Waals surface area contributed by atoms with Gasteiger partial charge in [-0.15, -0.1) is 0 Å².